The smallest absolute Gasteiger partial charge is 0.273 e. The van der Waals surface area contributed by atoms with Crippen molar-refractivity contribution < 1.29 is 4.79 Å². The zero-order valence-corrected chi connectivity index (χ0v) is 19.7. The Balaban J connectivity index is 1.45. The molecule has 1 aliphatic rings. The normalized spacial score (nSPS) is 15.4. The molecule has 0 unspecified atom stereocenters. The summed E-state index contributed by atoms with van der Waals surface area (Å²) >= 11 is 6.21. The van der Waals surface area contributed by atoms with Crippen molar-refractivity contribution in [3.8, 4) is 0 Å². The van der Waals surface area contributed by atoms with Gasteiger partial charge in [-0.15, -0.1) is 0 Å². The van der Waals surface area contributed by atoms with Crippen LogP contribution >= 0.6 is 11.6 Å². The first-order valence-electron chi connectivity index (χ1n) is 11.1. The Morgan fingerprint density at radius 2 is 1.76 bits per heavy atom. The van der Waals surface area contributed by atoms with Crippen LogP contribution in [0.4, 0.5) is 5.69 Å². The first-order valence-corrected chi connectivity index (χ1v) is 11.5. The zero-order valence-electron chi connectivity index (χ0n) is 19.0. The molecule has 5 rings (SSSR count). The van der Waals surface area contributed by atoms with E-state index in [2.05, 4.69) is 16.8 Å². The SMILES string of the molecule is Cc1ccc(Cl)cc1N1CCN(C(=O)[C@H](C)n2c3ccccc3c3nc(=O)cc(C)n32)CC1. The summed E-state index contributed by atoms with van der Waals surface area (Å²) < 4.78 is 3.85. The van der Waals surface area contributed by atoms with E-state index in [9.17, 15) is 9.59 Å². The van der Waals surface area contributed by atoms with Gasteiger partial charge in [0.05, 0.1) is 5.52 Å². The van der Waals surface area contributed by atoms with E-state index in [0.29, 0.717) is 18.7 Å². The number of amides is 1. The van der Waals surface area contributed by atoms with E-state index in [1.165, 1.54) is 11.6 Å². The monoisotopic (exact) mass is 463 g/mol. The lowest BCUT2D eigenvalue weighted by atomic mass is 10.1. The number of aryl methyl sites for hydroxylation is 2. The number of piperazine rings is 1. The zero-order chi connectivity index (χ0) is 23.3. The molecule has 0 saturated carbocycles. The summed E-state index contributed by atoms with van der Waals surface area (Å²) in [5.74, 6) is 0.0539. The van der Waals surface area contributed by atoms with E-state index in [1.54, 1.807) is 0 Å². The van der Waals surface area contributed by atoms with Crippen LogP contribution in [0.5, 0.6) is 0 Å². The van der Waals surface area contributed by atoms with Gasteiger partial charge in [-0.3, -0.25) is 14.3 Å². The number of fused-ring (bicyclic) bond motifs is 3. The molecule has 3 heterocycles. The van der Waals surface area contributed by atoms with Crippen molar-refractivity contribution in [2.75, 3.05) is 31.1 Å². The Kier molecular flexibility index (Phi) is 5.37. The van der Waals surface area contributed by atoms with Crippen LogP contribution in [-0.2, 0) is 4.79 Å². The number of halogens is 1. The van der Waals surface area contributed by atoms with Gasteiger partial charge in [-0.1, -0.05) is 29.8 Å². The van der Waals surface area contributed by atoms with Crippen molar-refractivity contribution in [3.63, 3.8) is 0 Å². The summed E-state index contributed by atoms with van der Waals surface area (Å²) in [5, 5.41) is 1.58. The van der Waals surface area contributed by atoms with Crippen molar-refractivity contribution >= 4 is 39.7 Å². The van der Waals surface area contributed by atoms with Gasteiger partial charge in [-0.2, -0.15) is 4.98 Å². The third-order valence-corrected chi connectivity index (χ3v) is 6.75. The quantitative estimate of drug-likeness (QED) is 0.463. The lowest BCUT2D eigenvalue weighted by Crippen LogP contribution is -2.50. The van der Waals surface area contributed by atoms with E-state index in [-0.39, 0.29) is 11.5 Å². The van der Waals surface area contributed by atoms with E-state index in [0.717, 1.165) is 40.4 Å². The Morgan fingerprint density at radius 3 is 2.52 bits per heavy atom. The summed E-state index contributed by atoms with van der Waals surface area (Å²) in [7, 11) is 0. The van der Waals surface area contributed by atoms with Gasteiger partial charge in [-0.25, -0.2) is 4.52 Å². The number of aromatic nitrogens is 3. The third kappa shape index (κ3) is 3.66. The minimum atomic E-state index is -0.449. The summed E-state index contributed by atoms with van der Waals surface area (Å²) in [6.07, 6.45) is 0. The summed E-state index contributed by atoms with van der Waals surface area (Å²) in [5.41, 5.74) is 4.24. The molecule has 0 aliphatic carbocycles. The number of carbonyl (C=O) groups excluding carboxylic acids is 1. The van der Waals surface area contributed by atoms with Gasteiger partial charge in [0.2, 0.25) is 5.91 Å². The fraction of sp³-hybridized carbons (Fsp3) is 0.320. The number of anilines is 1. The lowest BCUT2D eigenvalue weighted by molar-refractivity contribution is -0.134. The Bertz CT molecular complexity index is 1430. The van der Waals surface area contributed by atoms with Crippen molar-refractivity contribution in [1.29, 1.82) is 0 Å². The first kappa shape index (κ1) is 21.5. The van der Waals surface area contributed by atoms with Crippen molar-refractivity contribution in [3.05, 3.63) is 75.2 Å². The number of nitrogens with zero attached hydrogens (tertiary/aromatic N) is 5. The highest BCUT2D eigenvalue weighted by Crippen LogP contribution is 2.28. The average molecular weight is 464 g/mol. The molecule has 4 aromatic rings. The number of para-hydroxylation sites is 1. The topological polar surface area (TPSA) is 62.9 Å². The molecule has 170 valence electrons. The molecule has 33 heavy (non-hydrogen) atoms. The second kappa shape index (κ2) is 8.23. The maximum atomic E-state index is 13.6. The molecular formula is C25H26ClN5O2. The van der Waals surface area contributed by atoms with Crippen molar-refractivity contribution in [2.24, 2.45) is 0 Å². The molecule has 1 atom stereocenters. The molecule has 1 amide bonds. The molecule has 0 bridgehead atoms. The predicted octanol–water partition coefficient (Wildman–Crippen LogP) is 3.83. The van der Waals surface area contributed by atoms with Crippen LogP contribution in [0, 0.1) is 13.8 Å². The molecule has 1 aliphatic heterocycles. The van der Waals surface area contributed by atoms with Gasteiger partial charge < -0.3 is 9.80 Å². The molecule has 2 aromatic carbocycles. The minimum absolute atomic E-state index is 0.0539. The highest BCUT2D eigenvalue weighted by Gasteiger charge is 2.29. The summed E-state index contributed by atoms with van der Waals surface area (Å²) in [6.45, 7) is 8.64. The minimum Gasteiger partial charge on any atom is -0.368 e. The number of carbonyl (C=O) groups is 1. The average Bonchev–Trinajstić information content (AvgIpc) is 3.14. The van der Waals surface area contributed by atoms with Gasteiger partial charge >= 0.3 is 0 Å². The van der Waals surface area contributed by atoms with Crippen molar-refractivity contribution in [2.45, 2.75) is 26.8 Å². The van der Waals surface area contributed by atoms with Crippen LogP contribution in [0.2, 0.25) is 5.02 Å². The number of rotatable bonds is 3. The maximum Gasteiger partial charge on any atom is 0.273 e. The molecule has 1 fully saturated rings. The van der Waals surface area contributed by atoms with Gasteiger partial charge in [-0.05, 0) is 50.6 Å². The number of hydrogen-bond donors (Lipinski definition) is 0. The summed E-state index contributed by atoms with van der Waals surface area (Å²) in [4.78, 5) is 34.1. The third-order valence-electron chi connectivity index (χ3n) is 6.52. The maximum absolute atomic E-state index is 13.6. The molecule has 7 nitrogen and oxygen atoms in total. The van der Waals surface area contributed by atoms with Gasteiger partial charge in [0.15, 0.2) is 5.65 Å². The second-order valence-electron chi connectivity index (χ2n) is 8.65. The predicted molar refractivity (Wildman–Crippen MR) is 131 cm³/mol. The van der Waals surface area contributed by atoms with E-state index < -0.39 is 6.04 Å². The fourth-order valence-corrected chi connectivity index (χ4v) is 5.02. The second-order valence-corrected chi connectivity index (χ2v) is 9.09. The van der Waals surface area contributed by atoms with E-state index >= 15 is 0 Å². The van der Waals surface area contributed by atoms with Crippen LogP contribution in [0.3, 0.4) is 0 Å². The number of benzene rings is 2. The first-order chi connectivity index (χ1) is 15.8. The molecule has 1 saturated heterocycles. The number of hydrogen-bond acceptors (Lipinski definition) is 4. The molecule has 8 heteroatoms. The van der Waals surface area contributed by atoms with Crippen LogP contribution < -0.4 is 10.5 Å². The van der Waals surface area contributed by atoms with Crippen LogP contribution in [0.25, 0.3) is 16.6 Å². The van der Waals surface area contributed by atoms with Gasteiger partial charge in [0.1, 0.15) is 6.04 Å². The molecule has 0 N–H and O–H groups in total. The van der Waals surface area contributed by atoms with E-state index in [4.69, 9.17) is 11.6 Å². The Hall–Kier alpha value is -3.32. The molecular weight excluding hydrogens is 438 g/mol. The van der Waals surface area contributed by atoms with Gasteiger partial charge in [0.25, 0.3) is 5.56 Å². The summed E-state index contributed by atoms with van der Waals surface area (Å²) in [6, 6.07) is 14.7. The molecule has 0 spiro atoms. The van der Waals surface area contributed by atoms with Gasteiger partial charge in [0, 0.05) is 54.0 Å². The standard InChI is InChI=1S/C25H26ClN5O2/c1-16-8-9-19(26)15-22(16)28-10-12-29(13-11-28)25(33)18(3)31-21-7-5-4-6-20(21)24-27-23(32)14-17(2)30(24)31/h4-9,14-15,18H,10-13H2,1-3H3/t18-/m0/s1. The van der Waals surface area contributed by atoms with Crippen LogP contribution in [0.15, 0.2) is 53.3 Å². The molecule has 2 aromatic heterocycles. The highest BCUT2D eigenvalue weighted by molar-refractivity contribution is 6.30. The largest absolute Gasteiger partial charge is 0.368 e. The fourth-order valence-electron chi connectivity index (χ4n) is 4.85. The van der Waals surface area contributed by atoms with E-state index in [1.807, 2.05) is 70.4 Å². The highest BCUT2D eigenvalue weighted by atomic mass is 35.5. The molecule has 0 radical (unpaired) electrons. The Labute approximate surface area is 196 Å². The Morgan fingerprint density at radius 1 is 1.03 bits per heavy atom. The van der Waals surface area contributed by atoms with Crippen molar-refractivity contribution in [1.82, 2.24) is 19.1 Å². The lowest BCUT2D eigenvalue weighted by Gasteiger charge is -2.38. The van der Waals surface area contributed by atoms with Crippen LogP contribution in [0.1, 0.15) is 24.2 Å². The van der Waals surface area contributed by atoms with Crippen LogP contribution in [-0.4, -0.2) is 51.2 Å².